The topological polar surface area (TPSA) is 91.3 Å². The Hall–Kier alpha value is -2.12. The first-order valence-electron chi connectivity index (χ1n) is 17.7. The summed E-state index contributed by atoms with van der Waals surface area (Å²) in [7, 11) is 0. The Balaban J connectivity index is 0.0000106. The van der Waals surface area contributed by atoms with Crippen LogP contribution in [0.5, 0.6) is 11.5 Å². The van der Waals surface area contributed by atoms with Crippen molar-refractivity contribution in [2.24, 2.45) is 17.8 Å². The molecule has 0 bridgehead atoms. The number of ether oxygens (including phenoxy) is 4. The quantitative estimate of drug-likeness (QED) is 0.103. The SMILES string of the molecule is C.C.Cc1c(OC(=O)CCC(=O)OC(C)COC(C)CO)cc2c(c1C)O[C@](C)(CCCC(C)CCCC(C)CCCC(C)C)CC2. The van der Waals surface area contributed by atoms with Crippen molar-refractivity contribution in [1.29, 1.82) is 0 Å². The molecule has 1 aliphatic rings. The van der Waals surface area contributed by atoms with Gasteiger partial charge in [0.2, 0.25) is 0 Å². The Morgan fingerprint density at radius 2 is 1.43 bits per heavy atom. The first-order chi connectivity index (χ1) is 21.2. The number of rotatable bonds is 21. The molecule has 4 unspecified atom stereocenters. The molecular weight excluding hydrogens is 592 g/mol. The van der Waals surface area contributed by atoms with Crippen LogP contribution in [0.3, 0.4) is 0 Å². The predicted molar refractivity (Wildman–Crippen MR) is 194 cm³/mol. The Morgan fingerprint density at radius 3 is 2.02 bits per heavy atom. The van der Waals surface area contributed by atoms with Crippen LogP contribution >= 0.6 is 0 Å². The fraction of sp³-hybridized carbons (Fsp3) is 0.800. The number of aliphatic hydroxyl groups is 1. The summed E-state index contributed by atoms with van der Waals surface area (Å²) in [5.74, 6) is 2.90. The van der Waals surface area contributed by atoms with E-state index in [1.807, 2.05) is 19.9 Å². The third kappa shape index (κ3) is 16.7. The van der Waals surface area contributed by atoms with Gasteiger partial charge < -0.3 is 24.1 Å². The summed E-state index contributed by atoms with van der Waals surface area (Å²) in [5, 5.41) is 9.04. The zero-order valence-electron chi connectivity index (χ0n) is 30.0. The van der Waals surface area contributed by atoms with Gasteiger partial charge >= 0.3 is 11.9 Å². The molecule has 0 amide bonds. The van der Waals surface area contributed by atoms with Gasteiger partial charge in [-0.05, 0) is 101 Å². The lowest BCUT2D eigenvalue weighted by molar-refractivity contribution is -0.154. The highest BCUT2D eigenvalue weighted by Gasteiger charge is 2.33. The third-order valence-electron chi connectivity index (χ3n) is 9.38. The van der Waals surface area contributed by atoms with E-state index in [9.17, 15) is 9.59 Å². The number of carbonyl (C=O) groups is 2. The zero-order valence-corrected chi connectivity index (χ0v) is 30.0. The van der Waals surface area contributed by atoms with Gasteiger partial charge in [0, 0.05) is 0 Å². The largest absolute Gasteiger partial charge is 0.487 e. The highest BCUT2D eigenvalue weighted by atomic mass is 16.6. The first-order valence-corrected chi connectivity index (χ1v) is 17.7. The second-order valence-electron chi connectivity index (χ2n) is 14.6. The van der Waals surface area contributed by atoms with Crippen molar-refractivity contribution in [3.63, 3.8) is 0 Å². The lowest BCUT2D eigenvalue weighted by Gasteiger charge is -2.37. The fourth-order valence-electron chi connectivity index (χ4n) is 6.08. The summed E-state index contributed by atoms with van der Waals surface area (Å²) in [4.78, 5) is 24.8. The van der Waals surface area contributed by atoms with Crippen molar-refractivity contribution in [3.8, 4) is 11.5 Å². The van der Waals surface area contributed by atoms with Gasteiger partial charge in [-0.25, -0.2) is 0 Å². The molecule has 0 aliphatic carbocycles. The average Bonchev–Trinajstić information content (AvgIpc) is 2.97. The summed E-state index contributed by atoms with van der Waals surface area (Å²) in [6.45, 7) is 19.2. The number of benzene rings is 1. The number of esters is 2. The maximum Gasteiger partial charge on any atom is 0.311 e. The summed E-state index contributed by atoms with van der Waals surface area (Å²) < 4.78 is 23.0. The maximum atomic E-state index is 12.6. The third-order valence-corrected chi connectivity index (χ3v) is 9.38. The average molecular weight is 665 g/mol. The van der Waals surface area contributed by atoms with Crippen LogP contribution in [0.15, 0.2) is 6.07 Å². The Kier molecular flexibility index (Phi) is 21.5. The lowest BCUT2D eigenvalue weighted by Crippen LogP contribution is -2.36. The monoisotopic (exact) mass is 665 g/mol. The second-order valence-corrected chi connectivity index (χ2v) is 14.6. The van der Waals surface area contributed by atoms with E-state index in [2.05, 4.69) is 34.6 Å². The van der Waals surface area contributed by atoms with Crippen molar-refractivity contribution in [2.75, 3.05) is 13.2 Å². The second kappa shape index (κ2) is 22.5. The molecule has 2 rings (SSSR count). The molecule has 0 saturated carbocycles. The molecule has 1 aliphatic heterocycles. The number of hydrogen-bond acceptors (Lipinski definition) is 7. The van der Waals surface area contributed by atoms with Crippen LogP contribution in [0.25, 0.3) is 0 Å². The van der Waals surface area contributed by atoms with Gasteiger partial charge in [0.1, 0.15) is 23.2 Å². The zero-order chi connectivity index (χ0) is 33.6. The standard InChI is InChI=1S/C38H64O7.2CH4/c1-26(2)13-10-14-27(3)15-11-16-28(4)17-12-21-38(9)22-20-33-23-34(31(7)32(8)37(33)45-38)44-36(41)19-18-35(40)43-30(6)25-42-29(5)24-39;;/h23,26-30,39H,10-22,24-25H2,1-9H3;2*1H4/t27?,28?,29?,30?,38-;;/m1../s1. The highest BCUT2D eigenvalue weighted by molar-refractivity contribution is 5.79. The lowest BCUT2D eigenvalue weighted by atomic mass is 9.85. The maximum absolute atomic E-state index is 12.6. The van der Waals surface area contributed by atoms with E-state index in [0.717, 1.165) is 59.5 Å². The summed E-state index contributed by atoms with van der Waals surface area (Å²) in [6, 6.07) is 1.93. The Labute approximate surface area is 288 Å². The summed E-state index contributed by atoms with van der Waals surface area (Å²) in [5.41, 5.74) is 2.76. The van der Waals surface area contributed by atoms with Crippen LogP contribution < -0.4 is 9.47 Å². The normalized spacial score (nSPS) is 18.1. The van der Waals surface area contributed by atoms with E-state index < -0.39 is 18.0 Å². The number of aliphatic hydroxyl groups excluding tert-OH is 1. The van der Waals surface area contributed by atoms with Gasteiger partial charge in [-0.3, -0.25) is 9.59 Å². The molecule has 0 saturated heterocycles. The number of aryl methyl sites for hydroxylation is 1. The van der Waals surface area contributed by atoms with E-state index in [-0.39, 0.29) is 52.6 Å². The number of carbonyl (C=O) groups excluding carboxylic acids is 2. The summed E-state index contributed by atoms with van der Waals surface area (Å²) >= 11 is 0. The smallest absolute Gasteiger partial charge is 0.311 e. The molecule has 7 nitrogen and oxygen atoms in total. The molecule has 5 atom stereocenters. The van der Waals surface area contributed by atoms with E-state index in [1.165, 1.54) is 51.4 Å². The highest BCUT2D eigenvalue weighted by Crippen LogP contribution is 2.42. The van der Waals surface area contributed by atoms with E-state index in [0.29, 0.717) is 5.75 Å². The van der Waals surface area contributed by atoms with Crippen LogP contribution in [0.4, 0.5) is 0 Å². The molecule has 1 aromatic rings. The van der Waals surface area contributed by atoms with Crippen molar-refractivity contribution >= 4 is 11.9 Å². The molecular formula is C40H72O7. The molecule has 0 radical (unpaired) electrons. The van der Waals surface area contributed by atoms with Gasteiger partial charge in [0.25, 0.3) is 0 Å². The van der Waals surface area contributed by atoms with Gasteiger partial charge in [-0.1, -0.05) is 87.5 Å². The minimum atomic E-state index is -0.484. The van der Waals surface area contributed by atoms with E-state index >= 15 is 0 Å². The van der Waals surface area contributed by atoms with Crippen molar-refractivity contribution < 1.29 is 33.6 Å². The van der Waals surface area contributed by atoms with Crippen molar-refractivity contribution in [2.45, 2.75) is 178 Å². The molecule has 1 heterocycles. The minimum absolute atomic E-state index is 0. The first kappa shape index (κ1) is 44.9. The fourth-order valence-corrected chi connectivity index (χ4v) is 6.08. The molecule has 0 fully saturated rings. The van der Waals surface area contributed by atoms with Gasteiger partial charge in [-0.2, -0.15) is 0 Å². The summed E-state index contributed by atoms with van der Waals surface area (Å²) in [6.07, 6.45) is 12.4. The van der Waals surface area contributed by atoms with Crippen LogP contribution in [0.2, 0.25) is 0 Å². The van der Waals surface area contributed by atoms with Crippen LogP contribution in [0, 0.1) is 31.6 Å². The van der Waals surface area contributed by atoms with Crippen LogP contribution in [-0.4, -0.2) is 48.1 Å². The Bertz CT molecular complexity index is 1050. The molecule has 7 heteroatoms. The van der Waals surface area contributed by atoms with Crippen LogP contribution in [0.1, 0.15) is 157 Å². The van der Waals surface area contributed by atoms with Gasteiger partial charge in [0.05, 0.1) is 32.2 Å². The van der Waals surface area contributed by atoms with Gasteiger partial charge in [0.15, 0.2) is 0 Å². The van der Waals surface area contributed by atoms with Crippen LogP contribution in [-0.2, 0) is 25.5 Å². The van der Waals surface area contributed by atoms with E-state index in [1.54, 1.807) is 13.8 Å². The molecule has 1 aromatic carbocycles. The molecule has 0 spiro atoms. The van der Waals surface area contributed by atoms with Crippen molar-refractivity contribution in [1.82, 2.24) is 0 Å². The predicted octanol–water partition coefficient (Wildman–Crippen LogP) is 10.1. The van der Waals surface area contributed by atoms with Crippen molar-refractivity contribution in [3.05, 3.63) is 22.8 Å². The number of hydrogen-bond donors (Lipinski definition) is 1. The minimum Gasteiger partial charge on any atom is -0.487 e. The molecule has 1 N–H and O–H groups in total. The Morgan fingerprint density at radius 1 is 0.851 bits per heavy atom. The number of fused-ring (bicyclic) bond motifs is 1. The van der Waals surface area contributed by atoms with Gasteiger partial charge in [-0.15, -0.1) is 0 Å². The molecule has 0 aromatic heterocycles. The molecule has 274 valence electrons. The van der Waals surface area contributed by atoms with E-state index in [4.69, 9.17) is 24.1 Å². The molecule has 47 heavy (non-hydrogen) atoms.